The molecular weight excluding hydrogens is 258 g/mol. The Balaban J connectivity index is 4.11. The van der Waals surface area contributed by atoms with Crippen LogP contribution in [-0.2, 0) is 9.59 Å². The Morgan fingerprint density at radius 3 is 2.25 bits per heavy atom. The Labute approximate surface area is 120 Å². The summed E-state index contributed by atoms with van der Waals surface area (Å²) in [5.41, 5.74) is 2.48. The minimum Gasteiger partial charge on any atom is -0.481 e. The normalized spacial score (nSPS) is 12.8. The number of aliphatic carboxylic acids is 2. The van der Waals surface area contributed by atoms with E-state index in [9.17, 15) is 9.59 Å². The predicted molar refractivity (Wildman–Crippen MR) is 78.7 cm³/mol. The highest BCUT2D eigenvalue weighted by Crippen LogP contribution is 2.06. The number of hydrogen-bond acceptors (Lipinski definition) is 3. The first kappa shape index (κ1) is 18.4. The lowest BCUT2D eigenvalue weighted by Crippen LogP contribution is -2.37. The van der Waals surface area contributed by atoms with Crippen LogP contribution in [0.1, 0.15) is 46.5 Å². The van der Waals surface area contributed by atoms with Gasteiger partial charge in [-0.1, -0.05) is 23.3 Å². The molecule has 114 valence electrons. The second-order valence-corrected chi connectivity index (χ2v) is 5.10. The fourth-order valence-corrected chi connectivity index (χ4v) is 1.65. The third-order valence-electron chi connectivity index (χ3n) is 2.85. The highest BCUT2D eigenvalue weighted by Gasteiger charge is 2.16. The van der Waals surface area contributed by atoms with E-state index < -0.39 is 18.0 Å². The molecule has 0 fully saturated rings. The predicted octanol–water partition coefficient (Wildman–Crippen LogP) is 2.59. The van der Waals surface area contributed by atoms with Crippen LogP contribution in [-0.4, -0.2) is 34.7 Å². The molecule has 1 atom stereocenters. The van der Waals surface area contributed by atoms with Crippen LogP contribution in [0.2, 0.25) is 0 Å². The van der Waals surface area contributed by atoms with E-state index in [4.69, 9.17) is 10.2 Å². The van der Waals surface area contributed by atoms with Crippen LogP contribution in [0.4, 0.5) is 0 Å². The van der Waals surface area contributed by atoms with Crippen LogP contribution < -0.4 is 5.32 Å². The number of carbonyl (C=O) groups is 2. The third kappa shape index (κ3) is 10.3. The third-order valence-corrected chi connectivity index (χ3v) is 2.85. The molecule has 0 rings (SSSR count). The Morgan fingerprint density at radius 2 is 1.75 bits per heavy atom. The summed E-state index contributed by atoms with van der Waals surface area (Å²) in [5.74, 6) is -1.99. The lowest BCUT2D eigenvalue weighted by Gasteiger charge is -2.12. The average molecular weight is 283 g/mol. The van der Waals surface area contributed by atoms with Crippen LogP contribution in [0, 0.1) is 0 Å². The zero-order valence-electron chi connectivity index (χ0n) is 12.5. The van der Waals surface area contributed by atoms with Gasteiger partial charge in [0.25, 0.3) is 0 Å². The van der Waals surface area contributed by atoms with Crippen LogP contribution in [0.15, 0.2) is 23.3 Å². The van der Waals surface area contributed by atoms with Crippen molar-refractivity contribution in [2.75, 3.05) is 6.54 Å². The number of hydrogen-bond donors (Lipinski definition) is 3. The van der Waals surface area contributed by atoms with Gasteiger partial charge in [-0.25, -0.2) is 0 Å². The summed E-state index contributed by atoms with van der Waals surface area (Å²) in [5, 5.41) is 20.4. The van der Waals surface area contributed by atoms with Crippen molar-refractivity contribution in [3.63, 3.8) is 0 Å². The molecule has 0 saturated heterocycles. The molecule has 0 spiro atoms. The highest BCUT2D eigenvalue weighted by molar-refractivity contribution is 5.75. The van der Waals surface area contributed by atoms with E-state index in [1.54, 1.807) is 0 Å². The molecule has 0 saturated carbocycles. The zero-order chi connectivity index (χ0) is 15.5. The molecule has 0 heterocycles. The maximum Gasteiger partial charge on any atom is 0.320 e. The minimum atomic E-state index is -1.01. The Hall–Kier alpha value is -1.62. The maximum absolute atomic E-state index is 11.0. The topological polar surface area (TPSA) is 86.6 Å². The molecular formula is C15H25NO4. The Bertz CT molecular complexity index is 381. The first-order valence-corrected chi connectivity index (χ1v) is 6.80. The molecule has 0 aromatic carbocycles. The summed E-state index contributed by atoms with van der Waals surface area (Å²) >= 11 is 0. The molecule has 0 aromatic rings. The summed E-state index contributed by atoms with van der Waals surface area (Å²) < 4.78 is 0. The van der Waals surface area contributed by atoms with Crippen molar-refractivity contribution in [2.24, 2.45) is 0 Å². The van der Waals surface area contributed by atoms with E-state index in [-0.39, 0.29) is 12.8 Å². The molecule has 5 heteroatoms. The Kier molecular flexibility index (Phi) is 9.38. The summed E-state index contributed by atoms with van der Waals surface area (Å²) in [6, 6.07) is -0.812. The van der Waals surface area contributed by atoms with Gasteiger partial charge in [0.05, 0.1) is 0 Å². The number of carboxylic acid groups (broad SMARTS) is 2. The van der Waals surface area contributed by atoms with Gasteiger partial charge in [0.1, 0.15) is 6.04 Å². The molecule has 5 nitrogen and oxygen atoms in total. The Morgan fingerprint density at radius 1 is 1.10 bits per heavy atom. The summed E-state index contributed by atoms with van der Waals surface area (Å²) in [7, 11) is 0. The summed E-state index contributed by atoms with van der Waals surface area (Å²) in [4.78, 5) is 21.4. The fourth-order valence-electron chi connectivity index (χ4n) is 1.65. The monoisotopic (exact) mass is 283 g/mol. The summed E-state index contributed by atoms with van der Waals surface area (Å²) in [6.45, 7) is 6.56. The first-order chi connectivity index (χ1) is 9.32. The van der Waals surface area contributed by atoms with Gasteiger partial charge in [0, 0.05) is 13.0 Å². The lowest BCUT2D eigenvalue weighted by atomic mass is 10.1. The van der Waals surface area contributed by atoms with Gasteiger partial charge >= 0.3 is 11.9 Å². The van der Waals surface area contributed by atoms with Gasteiger partial charge in [0.15, 0.2) is 0 Å². The molecule has 3 N–H and O–H groups in total. The molecule has 0 aliphatic heterocycles. The van der Waals surface area contributed by atoms with Crippen molar-refractivity contribution >= 4 is 11.9 Å². The van der Waals surface area contributed by atoms with Crippen molar-refractivity contribution in [1.29, 1.82) is 0 Å². The van der Waals surface area contributed by atoms with Crippen molar-refractivity contribution in [3.8, 4) is 0 Å². The maximum atomic E-state index is 11.0. The molecule has 0 radical (unpaired) electrons. The number of carboxylic acids is 2. The van der Waals surface area contributed by atoms with Crippen LogP contribution in [0.25, 0.3) is 0 Å². The van der Waals surface area contributed by atoms with Crippen molar-refractivity contribution < 1.29 is 19.8 Å². The van der Waals surface area contributed by atoms with Gasteiger partial charge in [-0.2, -0.15) is 0 Å². The number of nitrogens with one attached hydrogen (secondary N) is 1. The van der Waals surface area contributed by atoms with Crippen LogP contribution in [0.5, 0.6) is 0 Å². The number of rotatable bonds is 10. The zero-order valence-corrected chi connectivity index (χ0v) is 12.5. The largest absolute Gasteiger partial charge is 0.481 e. The van der Waals surface area contributed by atoms with Crippen molar-refractivity contribution in [1.82, 2.24) is 5.32 Å². The van der Waals surface area contributed by atoms with E-state index >= 15 is 0 Å². The average Bonchev–Trinajstić information content (AvgIpc) is 2.32. The van der Waals surface area contributed by atoms with Crippen LogP contribution >= 0.6 is 0 Å². The highest BCUT2D eigenvalue weighted by atomic mass is 16.4. The van der Waals surface area contributed by atoms with Crippen molar-refractivity contribution in [3.05, 3.63) is 23.3 Å². The van der Waals surface area contributed by atoms with Gasteiger partial charge in [0.2, 0.25) is 0 Å². The van der Waals surface area contributed by atoms with E-state index in [1.807, 2.05) is 13.0 Å². The molecule has 0 amide bonds. The summed E-state index contributed by atoms with van der Waals surface area (Å²) in [6.07, 6.45) is 5.99. The number of allylic oxidation sites excluding steroid dienone is 3. The molecule has 1 unspecified atom stereocenters. The fraction of sp³-hybridized carbons (Fsp3) is 0.600. The lowest BCUT2D eigenvalue weighted by molar-refractivity contribution is -0.140. The van der Waals surface area contributed by atoms with Gasteiger partial charge in [-0.3, -0.25) is 9.59 Å². The van der Waals surface area contributed by atoms with E-state index in [2.05, 4.69) is 25.2 Å². The van der Waals surface area contributed by atoms with E-state index in [1.165, 1.54) is 11.1 Å². The first-order valence-electron chi connectivity index (χ1n) is 6.80. The van der Waals surface area contributed by atoms with Gasteiger partial charge in [-0.05, 0) is 40.0 Å². The van der Waals surface area contributed by atoms with E-state index in [0.717, 1.165) is 12.8 Å². The minimum absolute atomic E-state index is 0.0926. The molecule has 0 aliphatic rings. The van der Waals surface area contributed by atoms with Crippen molar-refractivity contribution in [2.45, 2.75) is 52.5 Å². The molecule has 0 aromatic heterocycles. The van der Waals surface area contributed by atoms with Crippen LogP contribution in [0.3, 0.4) is 0 Å². The second kappa shape index (κ2) is 10.2. The second-order valence-electron chi connectivity index (χ2n) is 5.10. The van der Waals surface area contributed by atoms with Gasteiger partial charge < -0.3 is 15.5 Å². The SMILES string of the molecule is CC(C)=CCCC(C)=CCNC(CCC(=O)O)C(=O)O. The molecule has 0 aliphatic carbocycles. The molecule has 20 heavy (non-hydrogen) atoms. The van der Waals surface area contributed by atoms with Gasteiger partial charge in [-0.15, -0.1) is 0 Å². The standard InChI is InChI=1S/C15H25NO4/c1-11(2)5-4-6-12(3)9-10-16-13(15(19)20)7-8-14(17)18/h5,9,13,16H,4,6-8,10H2,1-3H3,(H,17,18)(H,19,20). The molecule has 0 bridgehead atoms. The van der Waals surface area contributed by atoms with E-state index in [0.29, 0.717) is 6.54 Å². The quantitative estimate of drug-likeness (QED) is 0.536. The smallest absolute Gasteiger partial charge is 0.320 e.